The molecule has 0 N–H and O–H groups in total. The number of hydrogen-bond acceptors (Lipinski definition) is 2. The molecule has 1 aromatic rings. The molecule has 0 radical (unpaired) electrons. The number of hydrogen-bond donors (Lipinski definition) is 0. The van der Waals surface area contributed by atoms with Gasteiger partial charge in [-0.15, -0.1) is 0 Å². The Labute approximate surface area is 71.5 Å². The zero-order valence-corrected chi connectivity index (χ0v) is 6.69. The number of rotatable bonds is 4. The van der Waals surface area contributed by atoms with Crippen LogP contribution in [0.5, 0.6) is 5.75 Å². The minimum Gasteiger partial charge on any atom is -0.489 e. The molecule has 0 spiro atoms. The lowest BCUT2D eigenvalue weighted by Crippen LogP contribution is -2.00. The molecule has 0 aliphatic heterocycles. The molecule has 0 atom stereocenters. The second kappa shape index (κ2) is 4.34. The van der Waals surface area contributed by atoms with Crippen molar-refractivity contribution in [3.63, 3.8) is 0 Å². The summed E-state index contributed by atoms with van der Waals surface area (Å²) < 4.78 is 5.23. The summed E-state index contributed by atoms with van der Waals surface area (Å²) >= 11 is 0. The van der Waals surface area contributed by atoms with Crippen LogP contribution < -0.4 is 4.74 Å². The third kappa shape index (κ3) is 2.58. The molecule has 0 fully saturated rings. The van der Waals surface area contributed by atoms with E-state index in [0.29, 0.717) is 11.9 Å². The molecular formula is C10H10O2. The van der Waals surface area contributed by atoms with Gasteiger partial charge in [-0.3, -0.25) is 4.79 Å². The fourth-order valence-electron chi connectivity index (χ4n) is 0.727. The molecule has 2 nitrogen and oxygen atoms in total. The molecule has 1 aromatic carbocycles. The van der Waals surface area contributed by atoms with E-state index in [9.17, 15) is 4.79 Å². The van der Waals surface area contributed by atoms with Crippen molar-refractivity contribution in [2.75, 3.05) is 6.61 Å². The molecule has 12 heavy (non-hydrogen) atoms. The maximum Gasteiger partial charge on any atom is 0.148 e. The molecule has 1 rings (SSSR count). The van der Waals surface area contributed by atoms with Gasteiger partial charge < -0.3 is 4.74 Å². The summed E-state index contributed by atoms with van der Waals surface area (Å²) in [7, 11) is 0. The van der Waals surface area contributed by atoms with Gasteiger partial charge in [-0.2, -0.15) is 0 Å². The van der Waals surface area contributed by atoms with Gasteiger partial charge in [0.15, 0.2) is 0 Å². The Balaban J connectivity index is 2.43. The van der Waals surface area contributed by atoms with E-state index in [2.05, 4.69) is 6.58 Å². The number of ether oxygens (including phenoxy) is 1. The summed E-state index contributed by atoms with van der Waals surface area (Å²) in [6, 6.07) is 9.32. The number of para-hydroxylation sites is 1. The Hall–Kier alpha value is -1.57. The summed E-state index contributed by atoms with van der Waals surface area (Å²) in [5.41, 5.74) is 0.443. The maximum absolute atomic E-state index is 10.1. The van der Waals surface area contributed by atoms with Crippen molar-refractivity contribution in [3.8, 4) is 5.75 Å². The lowest BCUT2D eigenvalue weighted by atomic mass is 10.3. The van der Waals surface area contributed by atoms with Gasteiger partial charge in [-0.05, 0) is 12.1 Å². The molecule has 0 aliphatic carbocycles. The summed E-state index contributed by atoms with van der Waals surface area (Å²) in [4.78, 5) is 10.1. The van der Waals surface area contributed by atoms with Crippen LogP contribution in [0.25, 0.3) is 0 Å². The lowest BCUT2D eigenvalue weighted by molar-refractivity contribution is -0.105. The summed E-state index contributed by atoms with van der Waals surface area (Å²) in [6.07, 6.45) is 0.697. The molecular weight excluding hydrogens is 152 g/mol. The highest BCUT2D eigenvalue weighted by molar-refractivity contribution is 5.72. The van der Waals surface area contributed by atoms with E-state index >= 15 is 0 Å². The van der Waals surface area contributed by atoms with E-state index in [1.807, 2.05) is 30.3 Å². The van der Waals surface area contributed by atoms with Crippen LogP contribution in [0.4, 0.5) is 0 Å². The summed E-state index contributed by atoms with van der Waals surface area (Å²) in [5, 5.41) is 0. The van der Waals surface area contributed by atoms with Gasteiger partial charge >= 0.3 is 0 Å². The zero-order chi connectivity index (χ0) is 8.81. The predicted octanol–water partition coefficient (Wildman–Crippen LogP) is 1.82. The van der Waals surface area contributed by atoms with E-state index in [0.717, 1.165) is 5.75 Å². The van der Waals surface area contributed by atoms with Crippen LogP contribution in [0.1, 0.15) is 0 Å². The quantitative estimate of drug-likeness (QED) is 0.498. The fraction of sp³-hybridized carbons (Fsp3) is 0.100. The van der Waals surface area contributed by atoms with Crippen molar-refractivity contribution in [3.05, 3.63) is 42.5 Å². The van der Waals surface area contributed by atoms with E-state index in [1.54, 1.807) is 0 Å². The first-order valence-corrected chi connectivity index (χ1v) is 3.63. The molecule has 0 saturated carbocycles. The van der Waals surface area contributed by atoms with Crippen LogP contribution in [0.3, 0.4) is 0 Å². The Morgan fingerprint density at radius 3 is 2.67 bits per heavy atom. The average molecular weight is 162 g/mol. The second-order valence-corrected chi connectivity index (χ2v) is 2.38. The number of benzene rings is 1. The molecule has 0 heterocycles. The Morgan fingerprint density at radius 1 is 1.42 bits per heavy atom. The normalized spacial score (nSPS) is 9.00. The molecule has 0 bridgehead atoms. The van der Waals surface area contributed by atoms with Crippen molar-refractivity contribution in [1.82, 2.24) is 0 Å². The third-order valence-corrected chi connectivity index (χ3v) is 1.33. The van der Waals surface area contributed by atoms with Crippen LogP contribution in [-0.4, -0.2) is 12.9 Å². The van der Waals surface area contributed by atoms with Gasteiger partial charge in [-0.1, -0.05) is 24.8 Å². The van der Waals surface area contributed by atoms with Gasteiger partial charge in [0.25, 0.3) is 0 Å². The van der Waals surface area contributed by atoms with Crippen molar-refractivity contribution in [1.29, 1.82) is 0 Å². The first-order chi connectivity index (χ1) is 5.83. The van der Waals surface area contributed by atoms with Gasteiger partial charge in [0.05, 0.1) is 0 Å². The molecule has 2 heteroatoms. The predicted molar refractivity (Wildman–Crippen MR) is 47.1 cm³/mol. The van der Waals surface area contributed by atoms with Crippen LogP contribution in [0.15, 0.2) is 42.5 Å². The van der Waals surface area contributed by atoms with Crippen LogP contribution in [0, 0.1) is 0 Å². The minimum absolute atomic E-state index is 0.257. The zero-order valence-electron chi connectivity index (χ0n) is 6.69. The van der Waals surface area contributed by atoms with E-state index in [1.165, 1.54) is 0 Å². The van der Waals surface area contributed by atoms with Crippen molar-refractivity contribution < 1.29 is 9.53 Å². The lowest BCUT2D eigenvalue weighted by Gasteiger charge is -2.03. The molecule has 0 aromatic heterocycles. The fourth-order valence-corrected chi connectivity index (χ4v) is 0.727. The Morgan fingerprint density at radius 2 is 2.08 bits per heavy atom. The highest BCUT2D eigenvalue weighted by Gasteiger charge is 1.92. The van der Waals surface area contributed by atoms with Gasteiger partial charge in [-0.25, -0.2) is 0 Å². The maximum atomic E-state index is 10.1. The monoisotopic (exact) mass is 162 g/mol. The first kappa shape index (κ1) is 8.53. The highest BCUT2D eigenvalue weighted by Crippen LogP contribution is 2.08. The number of aldehydes is 1. The van der Waals surface area contributed by atoms with Crippen LogP contribution >= 0.6 is 0 Å². The molecule has 0 saturated heterocycles. The van der Waals surface area contributed by atoms with Crippen LogP contribution in [0.2, 0.25) is 0 Å². The SMILES string of the molecule is C=C(C=O)COc1ccccc1. The smallest absolute Gasteiger partial charge is 0.148 e. The average Bonchev–Trinajstić information content (AvgIpc) is 2.16. The third-order valence-electron chi connectivity index (χ3n) is 1.33. The largest absolute Gasteiger partial charge is 0.489 e. The van der Waals surface area contributed by atoms with Crippen molar-refractivity contribution in [2.24, 2.45) is 0 Å². The number of carbonyl (C=O) groups is 1. The minimum atomic E-state index is 0.257. The topological polar surface area (TPSA) is 26.3 Å². The molecule has 0 amide bonds. The molecule has 0 unspecified atom stereocenters. The van der Waals surface area contributed by atoms with Crippen molar-refractivity contribution in [2.45, 2.75) is 0 Å². The van der Waals surface area contributed by atoms with E-state index < -0.39 is 0 Å². The summed E-state index contributed by atoms with van der Waals surface area (Å²) in [6.45, 7) is 3.75. The van der Waals surface area contributed by atoms with E-state index in [4.69, 9.17) is 4.74 Å². The standard InChI is InChI=1S/C10H10O2/c1-9(7-11)8-12-10-5-3-2-4-6-10/h2-7H,1,8H2. The number of carbonyl (C=O) groups excluding carboxylic acids is 1. The molecule has 0 aliphatic rings. The van der Waals surface area contributed by atoms with Crippen molar-refractivity contribution >= 4 is 6.29 Å². The highest BCUT2D eigenvalue weighted by atomic mass is 16.5. The van der Waals surface area contributed by atoms with Gasteiger partial charge in [0, 0.05) is 5.57 Å². The Bertz CT molecular complexity index is 264. The van der Waals surface area contributed by atoms with Crippen LogP contribution in [-0.2, 0) is 4.79 Å². The first-order valence-electron chi connectivity index (χ1n) is 3.63. The van der Waals surface area contributed by atoms with E-state index in [-0.39, 0.29) is 6.61 Å². The summed E-state index contributed by atoms with van der Waals surface area (Å²) in [5.74, 6) is 0.750. The second-order valence-electron chi connectivity index (χ2n) is 2.38. The van der Waals surface area contributed by atoms with Gasteiger partial charge in [0.1, 0.15) is 18.6 Å². The molecule has 62 valence electrons. The Kier molecular flexibility index (Phi) is 3.08. The van der Waals surface area contributed by atoms with Gasteiger partial charge in [0.2, 0.25) is 0 Å².